The van der Waals surface area contributed by atoms with Crippen molar-refractivity contribution in [1.82, 2.24) is 0 Å². The van der Waals surface area contributed by atoms with E-state index < -0.39 is 0 Å². The smallest absolute Gasteiger partial charge is 0.0573 e. The molecule has 0 aromatic rings. The molecule has 2 heteroatoms. The highest BCUT2D eigenvalue weighted by molar-refractivity contribution is 14.1. The molecule has 5 atom stereocenters. The number of hydrogen-bond acceptors (Lipinski definition) is 1. The molecule has 0 radical (unpaired) electrons. The molecule has 0 aromatic carbocycles. The highest BCUT2D eigenvalue weighted by Gasteiger charge is 2.51. The van der Waals surface area contributed by atoms with Gasteiger partial charge in [-0.3, -0.25) is 0 Å². The second kappa shape index (κ2) is 4.52. The summed E-state index contributed by atoms with van der Waals surface area (Å²) in [5.41, 5.74) is 0.447. The van der Waals surface area contributed by atoms with Gasteiger partial charge in [-0.05, 0) is 48.9 Å². The average Bonchev–Trinajstić information content (AvgIpc) is 2.56. The van der Waals surface area contributed by atoms with Crippen LogP contribution in [0, 0.1) is 23.2 Å². The van der Waals surface area contributed by atoms with Crippen molar-refractivity contribution in [3.8, 4) is 0 Å². The van der Waals surface area contributed by atoms with E-state index in [1.54, 1.807) is 0 Å². The highest BCUT2D eigenvalue weighted by atomic mass is 127. The van der Waals surface area contributed by atoms with E-state index in [1.807, 2.05) is 0 Å². The molecule has 0 aromatic heterocycles. The number of aliphatic hydroxyl groups excluding tert-OH is 1. The zero-order chi connectivity index (χ0) is 11.1. The van der Waals surface area contributed by atoms with E-state index in [2.05, 4.69) is 36.4 Å². The molecule has 0 heterocycles. The standard InChI is InChI=1S/C13H23IO/c1-9(8-14)10-5-6-11-12(15)4-3-7-13(10,11)2/h9-12,15H,3-8H2,1-2H3/t9-,10-,11+,12+,13-/m0/s1. The van der Waals surface area contributed by atoms with Gasteiger partial charge >= 0.3 is 0 Å². The molecule has 15 heavy (non-hydrogen) atoms. The second-order valence-corrected chi connectivity index (χ2v) is 6.77. The number of halogens is 1. The molecule has 1 nitrogen and oxygen atoms in total. The molecule has 2 fully saturated rings. The predicted octanol–water partition coefficient (Wildman–Crippen LogP) is 3.63. The van der Waals surface area contributed by atoms with Gasteiger partial charge in [-0.1, -0.05) is 42.9 Å². The van der Waals surface area contributed by atoms with Crippen LogP contribution in [-0.4, -0.2) is 15.6 Å². The summed E-state index contributed by atoms with van der Waals surface area (Å²) in [6.45, 7) is 4.84. The molecule has 2 aliphatic carbocycles. The minimum absolute atomic E-state index is 0.00448. The van der Waals surface area contributed by atoms with Crippen LogP contribution < -0.4 is 0 Å². The Hall–Kier alpha value is 0.690. The van der Waals surface area contributed by atoms with Gasteiger partial charge in [0, 0.05) is 4.43 Å². The number of aliphatic hydroxyl groups is 1. The fraction of sp³-hybridized carbons (Fsp3) is 1.00. The lowest BCUT2D eigenvalue weighted by Gasteiger charge is -2.45. The zero-order valence-corrected chi connectivity index (χ0v) is 12.0. The summed E-state index contributed by atoms with van der Waals surface area (Å²) in [6, 6.07) is 0. The van der Waals surface area contributed by atoms with Crippen molar-refractivity contribution < 1.29 is 5.11 Å². The lowest BCUT2D eigenvalue weighted by molar-refractivity contribution is -0.0247. The first-order valence-electron chi connectivity index (χ1n) is 6.33. The first kappa shape index (κ1) is 12.2. The third kappa shape index (κ3) is 1.97. The quantitative estimate of drug-likeness (QED) is 0.608. The van der Waals surface area contributed by atoms with Crippen molar-refractivity contribution in [3.63, 3.8) is 0 Å². The van der Waals surface area contributed by atoms with Gasteiger partial charge in [0.2, 0.25) is 0 Å². The van der Waals surface area contributed by atoms with Gasteiger partial charge in [-0.15, -0.1) is 0 Å². The summed E-state index contributed by atoms with van der Waals surface area (Å²) in [6.07, 6.45) is 6.24. The van der Waals surface area contributed by atoms with Gasteiger partial charge in [-0.2, -0.15) is 0 Å². The van der Waals surface area contributed by atoms with Crippen molar-refractivity contribution in [3.05, 3.63) is 0 Å². The Kier molecular flexibility index (Phi) is 3.66. The fourth-order valence-electron chi connectivity index (χ4n) is 4.23. The van der Waals surface area contributed by atoms with Crippen LogP contribution in [0.5, 0.6) is 0 Å². The van der Waals surface area contributed by atoms with Crippen molar-refractivity contribution in [2.45, 2.75) is 52.1 Å². The van der Waals surface area contributed by atoms with Gasteiger partial charge in [-0.25, -0.2) is 0 Å². The summed E-state index contributed by atoms with van der Waals surface area (Å²) in [5.74, 6) is 2.28. The molecule has 1 N–H and O–H groups in total. The minimum Gasteiger partial charge on any atom is -0.393 e. The molecule has 2 aliphatic rings. The summed E-state index contributed by atoms with van der Waals surface area (Å²) < 4.78 is 1.26. The maximum Gasteiger partial charge on any atom is 0.0573 e. The van der Waals surface area contributed by atoms with Crippen LogP contribution in [0.2, 0.25) is 0 Å². The van der Waals surface area contributed by atoms with Crippen LogP contribution in [-0.2, 0) is 0 Å². The highest BCUT2D eigenvalue weighted by Crippen LogP contribution is 2.57. The maximum absolute atomic E-state index is 10.1. The first-order valence-corrected chi connectivity index (χ1v) is 7.86. The number of alkyl halides is 1. The van der Waals surface area contributed by atoms with E-state index in [0.717, 1.165) is 18.3 Å². The molecule has 0 bridgehead atoms. The lowest BCUT2D eigenvalue weighted by atomic mass is 9.62. The van der Waals surface area contributed by atoms with Gasteiger partial charge < -0.3 is 5.11 Å². The molecule has 2 rings (SSSR count). The van der Waals surface area contributed by atoms with Gasteiger partial charge in [0.25, 0.3) is 0 Å². The Bertz CT molecular complexity index is 231. The molecular formula is C13H23IO. The van der Waals surface area contributed by atoms with Crippen LogP contribution in [0.1, 0.15) is 46.0 Å². The molecule has 0 spiro atoms. The molecule has 2 saturated carbocycles. The van der Waals surface area contributed by atoms with Crippen LogP contribution in [0.3, 0.4) is 0 Å². The maximum atomic E-state index is 10.1. The molecule has 0 unspecified atom stereocenters. The van der Waals surface area contributed by atoms with Crippen LogP contribution >= 0.6 is 22.6 Å². The Labute approximate surface area is 107 Å². The van der Waals surface area contributed by atoms with Gasteiger partial charge in [0.1, 0.15) is 0 Å². The monoisotopic (exact) mass is 322 g/mol. The van der Waals surface area contributed by atoms with Crippen molar-refractivity contribution >= 4 is 22.6 Å². The number of hydrogen-bond donors (Lipinski definition) is 1. The Morgan fingerprint density at radius 1 is 1.40 bits per heavy atom. The third-order valence-electron chi connectivity index (χ3n) is 5.09. The fourth-order valence-corrected chi connectivity index (χ4v) is 4.85. The average molecular weight is 322 g/mol. The van der Waals surface area contributed by atoms with E-state index in [4.69, 9.17) is 0 Å². The first-order chi connectivity index (χ1) is 7.09. The number of fused-ring (bicyclic) bond motifs is 1. The second-order valence-electron chi connectivity index (χ2n) is 5.89. The number of rotatable bonds is 2. The largest absolute Gasteiger partial charge is 0.393 e. The summed E-state index contributed by atoms with van der Waals surface area (Å²) in [7, 11) is 0. The van der Waals surface area contributed by atoms with Crippen LogP contribution in [0.4, 0.5) is 0 Å². The molecule has 88 valence electrons. The predicted molar refractivity (Wildman–Crippen MR) is 72.2 cm³/mol. The van der Waals surface area contributed by atoms with Crippen molar-refractivity contribution in [1.29, 1.82) is 0 Å². The summed E-state index contributed by atoms with van der Waals surface area (Å²) >= 11 is 2.52. The molecule has 0 aliphatic heterocycles. The third-order valence-corrected chi connectivity index (χ3v) is 6.48. The van der Waals surface area contributed by atoms with Crippen molar-refractivity contribution in [2.75, 3.05) is 4.43 Å². The Balaban J connectivity index is 2.17. The van der Waals surface area contributed by atoms with Gasteiger partial charge in [0.05, 0.1) is 6.10 Å². The zero-order valence-electron chi connectivity index (χ0n) is 9.88. The Morgan fingerprint density at radius 2 is 2.13 bits per heavy atom. The lowest BCUT2D eigenvalue weighted by Crippen LogP contribution is -2.41. The Morgan fingerprint density at radius 3 is 2.80 bits per heavy atom. The van der Waals surface area contributed by atoms with Crippen LogP contribution in [0.15, 0.2) is 0 Å². The van der Waals surface area contributed by atoms with Crippen molar-refractivity contribution in [2.24, 2.45) is 23.2 Å². The minimum atomic E-state index is -0.00448. The topological polar surface area (TPSA) is 20.2 Å². The van der Waals surface area contributed by atoms with E-state index in [-0.39, 0.29) is 6.10 Å². The van der Waals surface area contributed by atoms with E-state index in [9.17, 15) is 5.11 Å². The normalized spacial score (nSPS) is 47.6. The van der Waals surface area contributed by atoms with E-state index >= 15 is 0 Å². The molecule has 0 amide bonds. The molecular weight excluding hydrogens is 299 g/mol. The molecule has 0 saturated heterocycles. The SMILES string of the molecule is C[C@@H](CI)[C@@H]1CC[C@@H]2[C@H](O)CCC[C@]21C. The van der Waals surface area contributed by atoms with Crippen LogP contribution in [0.25, 0.3) is 0 Å². The van der Waals surface area contributed by atoms with Gasteiger partial charge in [0.15, 0.2) is 0 Å². The van der Waals surface area contributed by atoms with E-state index in [1.165, 1.54) is 30.1 Å². The summed E-state index contributed by atoms with van der Waals surface area (Å²) in [5, 5.41) is 10.1. The summed E-state index contributed by atoms with van der Waals surface area (Å²) in [4.78, 5) is 0. The van der Waals surface area contributed by atoms with E-state index in [0.29, 0.717) is 11.3 Å².